The maximum atomic E-state index is 12.3. The minimum atomic E-state index is -0.951. The summed E-state index contributed by atoms with van der Waals surface area (Å²) in [4.78, 5) is 24.3. The molecule has 7 nitrogen and oxygen atoms in total. The van der Waals surface area contributed by atoms with Crippen LogP contribution in [0.2, 0.25) is 0 Å². The van der Waals surface area contributed by atoms with E-state index in [2.05, 4.69) is 10.6 Å². The van der Waals surface area contributed by atoms with Crippen molar-refractivity contribution in [1.82, 2.24) is 10.6 Å². The predicted molar refractivity (Wildman–Crippen MR) is 77.9 cm³/mol. The highest BCUT2D eigenvalue weighted by atomic mass is 16.6. The molecule has 0 saturated heterocycles. The van der Waals surface area contributed by atoms with Gasteiger partial charge in [0, 0.05) is 6.54 Å². The maximum Gasteiger partial charge on any atom is 0.408 e. The topological polar surface area (TPSA) is 101 Å². The average molecular weight is 310 g/mol. The van der Waals surface area contributed by atoms with E-state index in [-0.39, 0.29) is 25.7 Å². The van der Waals surface area contributed by atoms with Crippen LogP contribution < -0.4 is 10.6 Å². The average Bonchev–Trinajstić information content (AvgIpc) is 3.05. The van der Waals surface area contributed by atoms with Crippen molar-refractivity contribution in [3.8, 4) is 0 Å². The Balaban J connectivity index is 1.93. The second-order valence-corrected chi connectivity index (χ2v) is 5.40. The summed E-state index contributed by atoms with van der Waals surface area (Å²) in [5, 5.41) is 14.2. The van der Waals surface area contributed by atoms with Crippen LogP contribution in [-0.4, -0.2) is 35.8 Å². The number of carbonyl (C=O) groups is 2. The molecule has 0 unspecified atom stereocenters. The van der Waals surface area contributed by atoms with Crippen molar-refractivity contribution in [3.63, 3.8) is 0 Å². The van der Waals surface area contributed by atoms with Gasteiger partial charge in [0.25, 0.3) is 0 Å². The Morgan fingerprint density at radius 3 is 2.73 bits per heavy atom. The summed E-state index contributed by atoms with van der Waals surface area (Å²) in [5.74, 6) is 0.272. The minimum absolute atomic E-state index is 0.0210. The van der Waals surface area contributed by atoms with E-state index < -0.39 is 11.6 Å². The summed E-state index contributed by atoms with van der Waals surface area (Å²) in [6.07, 6.45) is 4.77. The van der Waals surface area contributed by atoms with Crippen LogP contribution in [0, 0.1) is 0 Å². The highest BCUT2D eigenvalue weighted by Gasteiger charge is 2.41. The van der Waals surface area contributed by atoms with Crippen LogP contribution in [0.3, 0.4) is 0 Å². The van der Waals surface area contributed by atoms with Crippen molar-refractivity contribution < 1.29 is 23.8 Å². The molecule has 2 amide bonds. The van der Waals surface area contributed by atoms with Crippen molar-refractivity contribution >= 4 is 12.0 Å². The number of alkyl carbamates (subject to hydrolysis) is 1. The molecular weight excluding hydrogens is 288 g/mol. The lowest BCUT2D eigenvalue weighted by molar-refractivity contribution is -0.129. The number of rotatable bonds is 6. The quantitative estimate of drug-likeness (QED) is 0.735. The number of nitrogens with one attached hydrogen (secondary N) is 2. The molecule has 1 aliphatic rings. The first kappa shape index (κ1) is 16.4. The SMILES string of the molecule is O=C(NC1(C(=O)NCCO)CCCCC1)OCc1ccco1. The Bertz CT molecular complexity index is 480. The van der Waals surface area contributed by atoms with Crippen molar-refractivity contribution in [2.75, 3.05) is 13.2 Å². The van der Waals surface area contributed by atoms with Gasteiger partial charge in [0.2, 0.25) is 5.91 Å². The van der Waals surface area contributed by atoms with E-state index in [0.29, 0.717) is 18.6 Å². The van der Waals surface area contributed by atoms with Gasteiger partial charge in [-0.2, -0.15) is 0 Å². The van der Waals surface area contributed by atoms with Gasteiger partial charge in [-0.25, -0.2) is 4.79 Å². The first-order chi connectivity index (χ1) is 10.7. The molecule has 0 aliphatic heterocycles. The van der Waals surface area contributed by atoms with E-state index in [1.807, 2.05) is 0 Å². The van der Waals surface area contributed by atoms with Crippen LogP contribution in [0.4, 0.5) is 4.79 Å². The molecule has 1 saturated carbocycles. The number of aliphatic hydroxyl groups is 1. The van der Waals surface area contributed by atoms with Crippen molar-refractivity contribution in [2.24, 2.45) is 0 Å². The van der Waals surface area contributed by atoms with E-state index in [0.717, 1.165) is 19.3 Å². The van der Waals surface area contributed by atoms with Gasteiger partial charge in [-0.05, 0) is 25.0 Å². The van der Waals surface area contributed by atoms with Crippen LogP contribution in [0.1, 0.15) is 37.9 Å². The molecule has 22 heavy (non-hydrogen) atoms. The molecule has 1 heterocycles. The van der Waals surface area contributed by atoms with Crippen LogP contribution in [0.5, 0.6) is 0 Å². The molecule has 1 fully saturated rings. The zero-order valence-electron chi connectivity index (χ0n) is 12.5. The lowest BCUT2D eigenvalue weighted by Gasteiger charge is -2.36. The van der Waals surface area contributed by atoms with E-state index in [9.17, 15) is 9.59 Å². The zero-order valence-corrected chi connectivity index (χ0v) is 12.5. The highest BCUT2D eigenvalue weighted by molar-refractivity contribution is 5.90. The van der Waals surface area contributed by atoms with Crippen LogP contribution >= 0.6 is 0 Å². The number of aliphatic hydroxyl groups excluding tert-OH is 1. The Morgan fingerprint density at radius 2 is 2.09 bits per heavy atom. The second-order valence-electron chi connectivity index (χ2n) is 5.40. The van der Waals surface area contributed by atoms with E-state index in [4.69, 9.17) is 14.3 Å². The lowest BCUT2D eigenvalue weighted by atomic mass is 9.81. The summed E-state index contributed by atoms with van der Waals surface area (Å²) in [6.45, 7) is 0.0572. The first-order valence-electron chi connectivity index (χ1n) is 7.53. The maximum absolute atomic E-state index is 12.3. The number of carbonyl (C=O) groups excluding carboxylic acids is 2. The van der Waals surface area contributed by atoms with Gasteiger partial charge >= 0.3 is 6.09 Å². The van der Waals surface area contributed by atoms with E-state index in [1.165, 1.54) is 6.26 Å². The number of amides is 2. The number of hydrogen-bond acceptors (Lipinski definition) is 5. The molecule has 0 radical (unpaired) electrons. The molecular formula is C15H22N2O5. The van der Waals surface area contributed by atoms with Crippen LogP contribution in [0.15, 0.2) is 22.8 Å². The zero-order chi connectivity index (χ0) is 15.8. The highest BCUT2D eigenvalue weighted by Crippen LogP contribution is 2.28. The van der Waals surface area contributed by atoms with Crippen LogP contribution in [-0.2, 0) is 16.1 Å². The molecule has 7 heteroatoms. The molecule has 0 spiro atoms. The number of hydrogen-bond donors (Lipinski definition) is 3. The fraction of sp³-hybridized carbons (Fsp3) is 0.600. The van der Waals surface area contributed by atoms with Crippen molar-refractivity contribution in [3.05, 3.63) is 24.2 Å². The predicted octanol–water partition coefficient (Wildman–Crippen LogP) is 1.32. The molecule has 2 rings (SSSR count). The Labute approximate surface area is 129 Å². The molecule has 0 aromatic carbocycles. The van der Waals surface area contributed by atoms with E-state index in [1.54, 1.807) is 12.1 Å². The summed E-state index contributed by atoms with van der Waals surface area (Å²) >= 11 is 0. The van der Waals surface area contributed by atoms with Crippen molar-refractivity contribution in [1.29, 1.82) is 0 Å². The van der Waals surface area contributed by atoms with Gasteiger partial charge in [0.1, 0.15) is 11.3 Å². The fourth-order valence-corrected chi connectivity index (χ4v) is 2.67. The molecule has 122 valence electrons. The van der Waals surface area contributed by atoms with E-state index >= 15 is 0 Å². The number of ether oxygens (including phenoxy) is 1. The standard InChI is InChI=1S/C15H22N2O5/c18-9-8-16-13(19)15(6-2-1-3-7-15)17-14(20)22-11-12-5-4-10-21-12/h4-5,10,18H,1-3,6-9,11H2,(H,16,19)(H,17,20). The summed E-state index contributed by atoms with van der Waals surface area (Å²) in [7, 11) is 0. The largest absolute Gasteiger partial charge is 0.466 e. The molecule has 3 N–H and O–H groups in total. The van der Waals surface area contributed by atoms with Gasteiger partial charge < -0.3 is 24.9 Å². The van der Waals surface area contributed by atoms with Gasteiger partial charge in [0.15, 0.2) is 6.61 Å². The lowest BCUT2D eigenvalue weighted by Crippen LogP contribution is -2.60. The summed E-state index contributed by atoms with van der Waals surface area (Å²) in [6, 6.07) is 3.42. The van der Waals surface area contributed by atoms with Gasteiger partial charge in [-0.1, -0.05) is 19.3 Å². The number of furan rings is 1. The second kappa shape index (κ2) is 7.84. The third-order valence-electron chi connectivity index (χ3n) is 3.81. The third kappa shape index (κ3) is 4.24. The van der Waals surface area contributed by atoms with Crippen LogP contribution in [0.25, 0.3) is 0 Å². The normalized spacial score (nSPS) is 16.8. The Morgan fingerprint density at radius 1 is 1.32 bits per heavy atom. The molecule has 0 atom stereocenters. The first-order valence-corrected chi connectivity index (χ1v) is 7.53. The minimum Gasteiger partial charge on any atom is -0.466 e. The molecule has 1 aromatic rings. The molecule has 1 aliphatic carbocycles. The van der Waals surface area contributed by atoms with Gasteiger partial charge in [-0.15, -0.1) is 0 Å². The molecule has 0 bridgehead atoms. The summed E-state index contributed by atoms with van der Waals surface area (Å²) in [5.41, 5.74) is -0.951. The Hall–Kier alpha value is -2.02. The smallest absolute Gasteiger partial charge is 0.408 e. The van der Waals surface area contributed by atoms with Gasteiger partial charge in [0.05, 0.1) is 12.9 Å². The fourth-order valence-electron chi connectivity index (χ4n) is 2.67. The monoisotopic (exact) mass is 310 g/mol. The van der Waals surface area contributed by atoms with Crippen molar-refractivity contribution in [2.45, 2.75) is 44.2 Å². The summed E-state index contributed by atoms with van der Waals surface area (Å²) < 4.78 is 10.2. The Kier molecular flexibility index (Phi) is 5.83. The third-order valence-corrected chi connectivity index (χ3v) is 3.81. The molecule has 1 aromatic heterocycles. The van der Waals surface area contributed by atoms with Gasteiger partial charge in [-0.3, -0.25) is 4.79 Å².